The molecule has 0 radical (unpaired) electrons. The zero-order valence-corrected chi connectivity index (χ0v) is 12.3. The molecule has 0 heterocycles. The second kappa shape index (κ2) is 6.41. The van der Waals surface area contributed by atoms with Gasteiger partial charge in [-0.3, -0.25) is 0 Å². The Bertz CT molecular complexity index is 327. The monoisotopic (exact) mass is 300 g/mol. The SMILES string of the molecule is CC(C)(C)C(CO)CCOc1ccc(Br)cc1. The van der Waals surface area contributed by atoms with E-state index in [4.69, 9.17) is 4.74 Å². The average Bonchev–Trinajstić information content (AvgIpc) is 2.25. The lowest BCUT2D eigenvalue weighted by molar-refractivity contribution is 0.106. The van der Waals surface area contributed by atoms with Gasteiger partial charge in [0.15, 0.2) is 0 Å². The summed E-state index contributed by atoms with van der Waals surface area (Å²) in [5.41, 5.74) is 0.123. The number of aliphatic hydroxyl groups is 1. The fraction of sp³-hybridized carbons (Fsp3) is 0.571. The second-order valence-electron chi connectivity index (χ2n) is 5.34. The van der Waals surface area contributed by atoms with E-state index < -0.39 is 0 Å². The van der Waals surface area contributed by atoms with Gasteiger partial charge in [-0.15, -0.1) is 0 Å². The first-order valence-electron chi connectivity index (χ1n) is 5.92. The first-order chi connectivity index (χ1) is 7.93. The molecule has 1 rings (SSSR count). The minimum Gasteiger partial charge on any atom is -0.494 e. The summed E-state index contributed by atoms with van der Waals surface area (Å²) in [6.45, 7) is 7.30. The van der Waals surface area contributed by atoms with Gasteiger partial charge in [0, 0.05) is 11.1 Å². The largest absolute Gasteiger partial charge is 0.494 e. The maximum Gasteiger partial charge on any atom is 0.119 e. The zero-order chi connectivity index (χ0) is 12.9. The first kappa shape index (κ1) is 14.5. The molecule has 1 atom stereocenters. The molecule has 0 amide bonds. The number of rotatable bonds is 5. The molecule has 0 bridgehead atoms. The molecule has 0 aliphatic rings. The fourth-order valence-corrected chi connectivity index (χ4v) is 1.91. The third kappa shape index (κ3) is 5.09. The van der Waals surface area contributed by atoms with Gasteiger partial charge in [-0.25, -0.2) is 0 Å². The quantitative estimate of drug-likeness (QED) is 0.894. The molecule has 17 heavy (non-hydrogen) atoms. The predicted octanol–water partition coefficient (Wildman–Crippen LogP) is 3.87. The highest BCUT2D eigenvalue weighted by Crippen LogP contribution is 2.28. The van der Waals surface area contributed by atoms with Crippen molar-refractivity contribution in [3.8, 4) is 5.75 Å². The third-order valence-corrected chi connectivity index (χ3v) is 3.52. The van der Waals surface area contributed by atoms with Gasteiger partial charge in [-0.1, -0.05) is 36.7 Å². The minimum atomic E-state index is 0.123. The predicted molar refractivity (Wildman–Crippen MR) is 74.3 cm³/mol. The molecule has 1 aromatic carbocycles. The summed E-state index contributed by atoms with van der Waals surface area (Å²) in [6, 6.07) is 7.80. The molecule has 0 saturated heterocycles. The van der Waals surface area contributed by atoms with Gasteiger partial charge in [-0.05, 0) is 42.0 Å². The molecule has 96 valence electrons. The molecule has 0 aliphatic heterocycles. The Hall–Kier alpha value is -0.540. The minimum absolute atomic E-state index is 0.123. The molecular formula is C14H21BrO2. The standard InChI is InChI=1S/C14H21BrO2/c1-14(2,3)11(10-16)8-9-17-13-6-4-12(15)5-7-13/h4-7,11,16H,8-10H2,1-3H3. The van der Waals surface area contributed by atoms with Crippen LogP contribution in [-0.4, -0.2) is 18.3 Å². The molecule has 0 fully saturated rings. The number of halogens is 1. The first-order valence-corrected chi connectivity index (χ1v) is 6.72. The van der Waals surface area contributed by atoms with Crippen molar-refractivity contribution in [3.05, 3.63) is 28.7 Å². The lowest BCUT2D eigenvalue weighted by Gasteiger charge is -2.28. The zero-order valence-electron chi connectivity index (χ0n) is 10.7. The van der Waals surface area contributed by atoms with Gasteiger partial charge in [0.1, 0.15) is 5.75 Å². The second-order valence-corrected chi connectivity index (χ2v) is 6.25. The van der Waals surface area contributed by atoms with Crippen LogP contribution in [0.3, 0.4) is 0 Å². The maximum absolute atomic E-state index is 9.33. The van der Waals surface area contributed by atoms with Crippen molar-refractivity contribution >= 4 is 15.9 Å². The number of aliphatic hydroxyl groups excluding tert-OH is 1. The van der Waals surface area contributed by atoms with Crippen molar-refractivity contribution in [2.75, 3.05) is 13.2 Å². The Balaban J connectivity index is 2.39. The Morgan fingerprint density at radius 3 is 2.29 bits per heavy atom. The van der Waals surface area contributed by atoms with Crippen LogP contribution >= 0.6 is 15.9 Å². The van der Waals surface area contributed by atoms with Crippen LogP contribution in [0.5, 0.6) is 5.75 Å². The van der Waals surface area contributed by atoms with Crippen LogP contribution in [0.2, 0.25) is 0 Å². The van der Waals surface area contributed by atoms with Crippen LogP contribution in [0.15, 0.2) is 28.7 Å². The van der Waals surface area contributed by atoms with Crippen molar-refractivity contribution in [1.82, 2.24) is 0 Å². The summed E-state index contributed by atoms with van der Waals surface area (Å²) in [7, 11) is 0. The fourth-order valence-electron chi connectivity index (χ4n) is 1.65. The highest BCUT2D eigenvalue weighted by atomic mass is 79.9. The molecule has 0 aliphatic carbocycles. The summed E-state index contributed by atoms with van der Waals surface area (Å²) in [5, 5.41) is 9.33. The number of hydrogen-bond acceptors (Lipinski definition) is 2. The van der Waals surface area contributed by atoms with Crippen molar-refractivity contribution in [3.63, 3.8) is 0 Å². The molecule has 0 aromatic heterocycles. The summed E-state index contributed by atoms with van der Waals surface area (Å²) in [6.07, 6.45) is 0.871. The molecule has 0 spiro atoms. The topological polar surface area (TPSA) is 29.5 Å². The Labute approximate surface area is 112 Å². The highest BCUT2D eigenvalue weighted by molar-refractivity contribution is 9.10. The van der Waals surface area contributed by atoms with Crippen LogP contribution in [0, 0.1) is 11.3 Å². The van der Waals surface area contributed by atoms with Gasteiger partial charge >= 0.3 is 0 Å². The van der Waals surface area contributed by atoms with Crippen LogP contribution in [0.1, 0.15) is 27.2 Å². The van der Waals surface area contributed by atoms with Gasteiger partial charge in [0.05, 0.1) is 6.61 Å². The summed E-state index contributed by atoms with van der Waals surface area (Å²) in [5.74, 6) is 1.15. The maximum atomic E-state index is 9.33. The lowest BCUT2D eigenvalue weighted by Crippen LogP contribution is -2.25. The smallest absolute Gasteiger partial charge is 0.119 e. The summed E-state index contributed by atoms with van der Waals surface area (Å²) >= 11 is 3.39. The van der Waals surface area contributed by atoms with E-state index in [0.717, 1.165) is 16.6 Å². The van der Waals surface area contributed by atoms with Gasteiger partial charge in [0.25, 0.3) is 0 Å². The molecule has 1 N–H and O–H groups in total. The van der Waals surface area contributed by atoms with E-state index in [0.29, 0.717) is 6.61 Å². The number of benzene rings is 1. The van der Waals surface area contributed by atoms with Crippen molar-refractivity contribution in [1.29, 1.82) is 0 Å². The van der Waals surface area contributed by atoms with Crippen LogP contribution in [0.4, 0.5) is 0 Å². The molecule has 1 unspecified atom stereocenters. The van der Waals surface area contributed by atoms with Crippen molar-refractivity contribution in [2.45, 2.75) is 27.2 Å². The van der Waals surface area contributed by atoms with Crippen LogP contribution < -0.4 is 4.74 Å². The molecule has 3 heteroatoms. The van der Waals surface area contributed by atoms with Crippen molar-refractivity contribution < 1.29 is 9.84 Å². The molecule has 0 saturated carbocycles. The van der Waals surface area contributed by atoms with E-state index >= 15 is 0 Å². The van der Waals surface area contributed by atoms with Crippen LogP contribution in [-0.2, 0) is 0 Å². The molecule has 1 aromatic rings. The van der Waals surface area contributed by atoms with E-state index in [1.165, 1.54) is 0 Å². The molecule has 2 nitrogen and oxygen atoms in total. The normalized spacial score (nSPS) is 13.5. The Kier molecular flexibility index (Phi) is 5.47. The van der Waals surface area contributed by atoms with Gasteiger partial charge in [-0.2, -0.15) is 0 Å². The van der Waals surface area contributed by atoms with Crippen LogP contribution in [0.25, 0.3) is 0 Å². The summed E-state index contributed by atoms with van der Waals surface area (Å²) < 4.78 is 6.71. The third-order valence-electron chi connectivity index (χ3n) is 2.99. The van der Waals surface area contributed by atoms with E-state index in [2.05, 4.69) is 36.7 Å². The number of ether oxygens (including phenoxy) is 1. The van der Waals surface area contributed by atoms with E-state index in [-0.39, 0.29) is 17.9 Å². The summed E-state index contributed by atoms with van der Waals surface area (Å²) in [4.78, 5) is 0. The average molecular weight is 301 g/mol. The highest BCUT2D eigenvalue weighted by Gasteiger charge is 2.23. The van der Waals surface area contributed by atoms with Gasteiger partial charge < -0.3 is 9.84 Å². The molecular weight excluding hydrogens is 280 g/mol. The van der Waals surface area contributed by atoms with E-state index in [1.807, 2.05) is 24.3 Å². The van der Waals surface area contributed by atoms with Gasteiger partial charge in [0.2, 0.25) is 0 Å². The number of hydrogen-bond donors (Lipinski definition) is 1. The van der Waals surface area contributed by atoms with E-state index in [9.17, 15) is 5.11 Å². The Morgan fingerprint density at radius 2 is 1.82 bits per heavy atom. The Morgan fingerprint density at radius 1 is 1.24 bits per heavy atom. The van der Waals surface area contributed by atoms with E-state index in [1.54, 1.807) is 0 Å². The van der Waals surface area contributed by atoms with Crippen molar-refractivity contribution in [2.24, 2.45) is 11.3 Å². The lowest BCUT2D eigenvalue weighted by atomic mass is 9.79.